The largest absolute Gasteiger partial charge is 0.452 e. The molecule has 0 atom stereocenters. The van der Waals surface area contributed by atoms with Crippen molar-refractivity contribution in [3.8, 4) is 0 Å². The summed E-state index contributed by atoms with van der Waals surface area (Å²) in [6.45, 7) is -0.642. The lowest BCUT2D eigenvalue weighted by atomic mass is 10.1. The van der Waals surface area contributed by atoms with Crippen molar-refractivity contribution in [2.45, 2.75) is 36.6 Å². The maximum atomic E-state index is 12.6. The monoisotopic (exact) mass is 478 g/mol. The number of anilines is 1. The zero-order valence-corrected chi connectivity index (χ0v) is 19.0. The maximum Gasteiger partial charge on any atom is 0.340 e. The summed E-state index contributed by atoms with van der Waals surface area (Å²) in [5, 5.41) is 5.53. The van der Waals surface area contributed by atoms with Crippen LogP contribution in [0.15, 0.2) is 47.4 Å². The number of ether oxygens (including phenoxy) is 1. The van der Waals surface area contributed by atoms with Crippen molar-refractivity contribution in [3.63, 3.8) is 0 Å². The summed E-state index contributed by atoms with van der Waals surface area (Å²) < 4.78 is 28.4. The van der Waals surface area contributed by atoms with Gasteiger partial charge in [0.1, 0.15) is 0 Å². The number of carbonyl (C=O) groups is 3. The van der Waals surface area contributed by atoms with Gasteiger partial charge in [-0.2, -0.15) is 0 Å². The Kier molecular flexibility index (Phi) is 7.52. The van der Waals surface area contributed by atoms with Crippen LogP contribution in [0.2, 0.25) is 5.02 Å². The fraction of sp³-hybridized carbons (Fsp3) is 0.318. The van der Waals surface area contributed by atoms with E-state index in [1.54, 1.807) is 24.3 Å². The molecule has 2 aromatic carbocycles. The van der Waals surface area contributed by atoms with Crippen molar-refractivity contribution < 1.29 is 27.5 Å². The number of esters is 1. The van der Waals surface area contributed by atoms with Crippen molar-refractivity contribution in [1.82, 2.24) is 5.32 Å². The number of nitrogens with one attached hydrogen (secondary N) is 2. The highest BCUT2D eigenvalue weighted by Gasteiger charge is 2.21. The van der Waals surface area contributed by atoms with Crippen molar-refractivity contribution in [1.29, 1.82) is 0 Å². The number of carbonyl (C=O) groups excluding carboxylic acids is 3. The van der Waals surface area contributed by atoms with Crippen LogP contribution in [0, 0.1) is 0 Å². The van der Waals surface area contributed by atoms with E-state index in [2.05, 4.69) is 10.6 Å². The first kappa shape index (κ1) is 23.7. The number of rotatable bonds is 7. The van der Waals surface area contributed by atoms with Gasteiger partial charge in [-0.3, -0.25) is 9.59 Å². The van der Waals surface area contributed by atoms with Crippen LogP contribution in [0.3, 0.4) is 0 Å². The molecule has 8 nitrogen and oxygen atoms in total. The van der Waals surface area contributed by atoms with Crippen LogP contribution in [-0.2, 0) is 19.4 Å². The minimum atomic E-state index is -3.55. The molecule has 0 aliphatic heterocycles. The summed E-state index contributed by atoms with van der Waals surface area (Å²) in [5.41, 5.74) is 0.433. The van der Waals surface area contributed by atoms with Crippen LogP contribution in [-0.4, -0.2) is 45.1 Å². The zero-order valence-electron chi connectivity index (χ0n) is 17.4. The normalized spacial score (nSPS) is 14.1. The number of sulfone groups is 1. The number of para-hydroxylation sites is 1. The third-order valence-corrected chi connectivity index (χ3v) is 6.50. The molecule has 0 bridgehead atoms. The lowest BCUT2D eigenvalue weighted by Gasteiger charge is -2.15. The lowest BCUT2D eigenvalue weighted by molar-refractivity contribution is -0.119. The minimum Gasteiger partial charge on any atom is -0.452 e. The van der Waals surface area contributed by atoms with Crippen LogP contribution >= 0.6 is 11.6 Å². The van der Waals surface area contributed by atoms with Gasteiger partial charge in [-0.25, -0.2) is 13.2 Å². The molecule has 1 aliphatic carbocycles. The molecule has 0 spiro atoms. The fourth-order valence-corrected chi connectivity index (χ4v) is 4.25. The number of benzene rings is 2. The average Bonchev–Trinajstić information content (AvgIpc) is 3.25. The summed E-state index contributed by atoms with van der Waals surface area (Å²) in [5.74, 6) is -1.88. The van der Waals surface area contributed by atoms with Gasteiger partial charge in [0.25, 0.3) is 11.8 Å². The van der Waals surface area contributed by atoms with Gasteiger partial charge in [-0.1, -0.05) is 36.6 Å². The zero-order chi connectivity index (χ0) is 23.3. The average molecular weight is 479 g/mol. The molecular weight excluding hydrogens is 456 g/mol. The van der Waals surface area contributed by atoms with E-state index in [4.69, 9.17) is 16.3 Å². The number of halogens is 1. The Balaban J connectivity index is 1.63. The molecule has 1 aliphatic rings. The highest BCUT2D eigenvalue weighted by molar-refractivity contribution is 7.90. The van der Waals surface area contributed by atoms with Gasteiger partial charge in [0.05, 0.1) is 26.7 Å². The number of hydrogen-bond acceptors (Lipinski definition) is 6. The molecule has 1 fully saturated rings. The molecule has 0 aromatic heterocycles. The Morgan fingerprint density at radius 1 is 1.06 bits per heavy atom. The van der Waals surface area contributed by atoms with Crippen molar-refractivity contribution in [2.24, 2.45) is 0 Å². The smallest absolute Gasteiger partial charge is 0.340 e. The third-order valence-electron chi connectivity index (χ3n) is 5.06. The molecule has 2 amide bonds. The van der Waals surface area contributed by atoms with Gasteiger partial charge in [0.2, 0.25) is 0 Å². The predicted octanol–water partition coefficient (Wildman–Crippen LogP) is 3.21. The van der Waals surface area contributed by atoms with Crippen molar-refractivity contribution in [3.05, 3.63) is 58.6 Å². The second kappa shape index (κ2) is 10.1. The molecule has 3 rings (SSSR count). The van der Waals surface area contributed by atoms with E-state index in [1.807, 2.05) is 0 Å². The summed E-state index contributed by atoms with van der Waals surface area (Å²) >= 11 is 5.97. The van der Waals surface area contributed by atoms with Crippen molar-refractivity contribution in [2.75, 3.05) is 18.2 Å². The molecule has 0 heterocycles. The Morgan fingerprint density at radius 2 is 1.75 bits per heavy atom. The highest BCUT2D eigenvalue weighted by Crippen LogP contribution is 2.22. The predicted molar refractivity (Wildman–Crippen MR) is 120 cm³/mol. The third kappa shape index (κ3) is 6.08. The summed E-state index contributed by atoms with van der Waals surface area (Å²) in [6, 6.07) is 10.3. The Morgan fingerprint density at radius 3 is 2.44 bits per heavy atom. The molecule has 0 radical (unpaired) electrons. The van der Waals surface area contributed by atoms with Crippen LogP contribution in [0.25, 0.3) is 0 Å². The van der Waals surface area contributed by atoms with Crippen molar-refractivity contribution >= 4 is 44.9 Å². The van der Waals surface area contributed by atoms with E-state index < -0.39 is 28.3 Å². The van der Waals surface area contributed by atoms with Gasteiger partial charge in [-0.05, 0) is 43.2 Å². The van der Waals surface area contributed by atoms with Crippen LogP contribution < -0.4 is 10.6 Å². The van der Waals surface area contributed by atoms with E-state index in [0.717, 1.165) is 38.0 Å². The van der Waals surface area contributed by atoms with E-state index >= 15 is 0 Å². The molecule has 170 valence electrons. The standard InChI is InChI=1S/C22H23ClN2O6S/c1-32(29,30)15-10-11-18(23)17(12-15)22(28)31-13-20(26)25-19-9-5-4-8-16(19)21(27)24-14-6-2-3-7-14/h4-5,8-12,14H,2-3,6-7,13H2,1H3,(H,24,27)(H,25,26). The van der Waals surface area contributed by atoms with E-state index in [-0.39, 0.29) is 27.4 Å². The second-order valence-corrected chi connectivity index (χ2v) is 9.96. The van der Waals surface area contributed by atoms with Gasteiger partial charge >= 0.3 is 5.97 Å². The summed E-state index contributed by atoms with van der Waals surface area (Å²) in [7, 11) is -3.55. The van der Waals surface area contributed by atoms with Crippen LogP contribution in [0.1, 0.15) is 46.4 Å². The first-order valence-corrected chi connectivity index (χ1v) is 12.3. The van der Waals surface area contributed by atoms with E-state index in [9.17, 15) is 22.8 Å². The number of amides is 2. The van der Waals surface area contributed by atoms with Crippen LogP contribution in [0.5, 0.6) is 0 Å². The Bertz CT molecular complexity index is 1140. The SMILES string of the molecule is CS(=O)(=O)c1ccc(Cl)c(C(=O)OCC(=O)Nc2ccccc2C(=O)NC2CCCC2)c1. The topological polar surface area (TPSA) is 119 Å². The molecule has 32 heavy (non-hydrogen) atoms. The van der Waals surface area contributed by atoms with E-state index in [1.165, 1.54) is 12.1 Å². The Labute approximate surface area is 191 Å². The van der Waals surface area contributed by atoms with Gasteiger partial charge in [0.15, 0.2) is 16.4 Å². The van der Waals surface area contributed by atoms with Gasteiger partial charge in [-0.15, -0.1) is 0 Å². The molecule has 1 saturated carbocycles. The Hall–Kier alpha value is -2.91. The van der Waals surface area contributed by atoms with Gasteiger partial charge in [0, 0.05) is 12.3 Å². The molecule has 10 heteroatoms. The fourth-order valence-electron chi connectivity index (χ4n) is 3.41. The second-order valence-electron chi connectivity index (χ2n) is 7.54. The number of hydrogen-bond donors (Lipinski definition) is 2. The quantitative estimate of drug-likeness (QED) is 0.590. The minimum absolute atomic E-state index is 0.00302. The summed E-state index contributed by atoms with van der Waals surface area (Å²) in [4.78, 5) is 37.2. The molecular formula is C22H23ClN2O6S. The molecule has 2 aromatic rings. The van der Waals surface area contributed by atoms with E-state index in [0.29, 0.717) is 11.3 Å². The molecule has 0 saturated heterocycles. The first-order chi connectivity index (χ1) is 15.1. The maximum absolute atomic E-state index is 12.6. The lowest BCUT2D eigenvalue weighted by Crippen LogP contribution is -2.33. The summed E-state index contributed by atoms with van der Waals surface area (Å²) in [6.07, 6.45) is 5.01. The van der Waals surface area contributed by atoms with Crippen LogP contribution in [0.4, 0.5) is 5.69 Å². The first-order valence-electron chi connectivity index (χ1n) is 10.0. The molecule has 0 unspecified atom stereocenters. The highest BCUT2D eigenvalue weighted by atomic mass is 35.5. The molecule has 2 N–H and O–H groups in total. The van der Waals surface area contributed by atoms with Gasteiger partial charge < -0.3 is 15.4 Å².